The monoisotopic (exact) mass is 369 g/mol. The molecule has 0 radical (unpaired) electrons. The summed E-state index contributed by atoms with van der Waals surface area (Å²) in [5.74, 6) is -0.618. The van der Waals surface area contributed by atoms with Gasteiger partial charge in [0.1, 0.15) is 4.49 Å². The molecule has 1 amide bonds. The molecular formula is C11H13Cl2N3O3S2. The van der Waals surface area contributed by atoms with Crippen molar-refractivity contribution in [3.05, 3.63) is 10.6 Å². The highest BCUT2D eigenvalue weighted by molar-refractivity contribution is 7.92. The second-order valence-electron chi connectivity index (χ2n) is 5.42. The number of nitrogens with one attached hydrogen (secondary N) is 1. The first kappa shape index (κ1) is 16.7. The van der Waals surface area contributed by atoms with Crippen molar-refractivity contribution in [2.45, 2.75) is 18.2 Å². The Labute approximate surface area is 136 Å². The maximum atomic E-state index is 12.2. The summed E-state index contributed by atoms with van der Waals surface area (Å²) in [6.07, 6.45) is 2.67. The van der Waals surface area contributed by atoms with Gasteiger partial charge in [-0.2, -0.15) is 0 Å². The van der Waals surface area contributed by atoms with Gasteiger partial charge in [0.05, 0.1) is 5.92 Å². The van der Waals surface area contributed by atoms with Gasteiger partial charge in [0.15, 0.2) is 0 Å². The summed E-state index contributed by atoms with van der Waals surface area (Å²) in [4.78, 5) is 12.2. The SMILES string of the molecule is CC1(C)[C@H](C=C(Cl)Cl)[C@@H]1C(=O)Nc1nnc(S(C)(=O)=O)s1. The van der Waals surface area contributed by atoms with E-state index in [-0.39, 0.29) is 37.1 Å². The highest BCUT2D eigenvalue weighted by Crippen LogP contribution is 2.60. The number of carbonyl (C=O) groups excluding carboxylic acids is 1. The van der Waals surface area contributed by atoms with Crippen LogP contribution in [0.25, 0.3) is 0 Å². The van der Waals surface area contributed by atoms with Gasteiger partial charge in [-0.1, -0.05) is 48.4 Å². The summed E-state index contributed by atoms with van der Waals surface area (Å²) < 4.78 is 22.6. The number of amides is 1. The van der Waals surface area contributed by atoms with Crippen molar-refractivity contribution in [3.63, 3.8) is 0 Å². The first-order valence-electron chi connectivity index (χ1n) is 5.90. The molecule has 1 heterocycles. The van der Waals surface area contributed by atoms with Gasteiger partial charge in [0.2, 0.25) is 25.2 Å². The molecule has 10 heteroatoms. The minimum atomic E-state index is -3.42. The average Bonchev–Trinajstić information content (AvgIpc) is 2.70. The van der Waals surface area contributed by atoms with Crippen LogP contribution in [-0.2, 0) is 14.6 Å². The molecule has 1 saturated carbocycles. The Morgan fingerprint density at radius 3 is 2.48 bits per heavy atom. The predicted molar refractivity (Wildman–Crippen MR) is 82.2 cm³/mol. The number of carbonyl (C=O) groups is 1. The molecule has 1 fully saturated rings. The molecule has 21 heavy (non-hydrogen) atoms. The average molecular weight is 370 g/mol. The molecule has 1 aromatic heterocycles. The molecule has 0 aromatic carbocycles. The molecular weight excluding hydrogens is 357 g/mol. The molecule has 0 aliphatic heterocycles. The van der Waals surface area contributed by atoms with Crippen LogP contribution in [0.1, 0.15) is 13.8 Å². The summed E-state index contributed by atoms with van der Waals surface area (Å²) in [7, 11) is -3.42. The fraction of sp³-hybridized carbons (Fsp3) is 0.545. The molecule has 0 unspecified atom stereocenters. The first-order chi connectivity index (χ1) is 9.53. The van der Waals surface area contributed by atoms with Gasteiger partial charge in [0, 0.05) is 6.26 Å². The van der Waals surface area contributed by atoms with Crippen LogP contribution in [0.2, 0.25) is 0 Å². The summed E-state index contributed by atoms with van der Waals surface area (Å²) in [6.45, 7) is 3.86. The zero-order valence-electron chi connectivity index (χ0n) is 11.4. The van der Waals surface area contributed by atoms with Gasteiger partial charge < -0.3 is 5.32 Å². The summed E-state index contributed by atoms with van der Waals surface area (Å²) >= 11 is 12.1. The van der Waals surface area contributed by atoms with E-state index in [9.17, 15) is 13.2 Å². The summed E-state index contributed by atoms with van der Waals surface area (Å²) in [6, 6.07) is 0. The number of hydrogen-bond donors (Lipinski definition) is 1. The van der Waals surface area contributed by atoms with E-state index in [1.807, 2.05) is 13.8 Å². The minimum Gasteiger partial charge on any atom is -0.300 e. The predicted octanol–water partition coefficient (Wildman–Crippen LogP) is 2.47. The van der Waals surface area contributed by atoms with Crippen LogP contribution in [0.15, 0.2) is 14.9 Å². The van der Waals surface area contributed by atoms with Crippen LogP contribution in [0.5, 0.6) is 0 Å². The minimum absolute atomic E-state index is 0.0650. The van der Waals surface area contributed by atoms with E-state index in [1.165, 1.54) is 0 Å². The molecule has 116 valence electrons. The Balaban J connectivity index is 2.10. The summed E-state index contributed by atoms with van der Waals surface area (Å²) in [5.41, 5.74) is -0.260. The Hall–Kier alpha value is -0.700. The molecule has 1 N–H and O–H groups in total. The number of aromatic nitrogens is 2. The molecule has 1 aliphatic rings. The fourth-order valence-electron chi connectivity index (χ4n) is 2.22. The normalized spacial score (nSPS) is 23.5. The lowest BCUT2D eigenvalue weighted by Crippen LogP contribution is -2.16. The maximum Gasteiger partial charge on any atom is 0.234 e. The fourth-order valence-corrected chi connectivity index (χ4v) is 4.00. The smallest absolute Gasteiger partial charge is 0.234 e. The lowest BCUT2D eigenvalue weighted by Gasteiger charge is -2.01. The summed E-state index contributed by atoms with van der Waals surface area (Å²) in [5, 5.41) is 9.93. The molecule has 0 saturated heterocycles. The molecule has 2 atom stereocenters. The van der Waals surface area contributed by atoms with Crippen LogP contribution in [0, 0.1) is 17.3 Å². The van der Waals surface area contributed by atoms with E-state index >= 15 is 0 Å². The van der Waals surface area contributed by atoms with Gasteiger partial charge in [-0.05, 0) is 17.4 Å². The number of allylic oxidation sites excluding steroid dienone is 1. The molecule has 6 nitrogen and oxygen atoms in total. The zero-order valence-corrected chi connectivity index (χ0v) is 14.6. The Morgan fingerprint density at radius 1 is 1.38 bits per heavy atom. The van der Waals surface area contributed by atoms with Crippen molar-refractivity contribution >= 4 is 55.4 Å². The molecule has 1 aliphatic carbocycles. The third-order valence-electron chi connectivity index (χ3n) is 3.45. The number of anilines is 1. The number of halogens is 2. The van der Waals surface area contributed by atoms with Crippen LogP contribution in [-0.4, -0.2) is 30.8 Å². The molecule has 2 rings (SSSR count). The van der Waals surface area contributed by atoms with E-state index in [2.05, 4.69) is 15.5 Å². The quantitative estimate of drug-likeness (QED) is 0.823. The van der Waals surface area contributed by atoms with Crippen LogP contribution >= 0.6 is 34.5 Å². The van der Waals surface area contributed by atoms with Crippen molar-refractivity contribution < 1.29 is 13.2 Å². The van der Waals surface area contributed by atoms with Gasteiger partial charge in [0.25, 0.3) is 0 Å². The number of nitrogens with zero attached hydrogens (tertiary/aromatic N) is 2. The van der Waals surface area contributed by atoms with Crippen LogP contribution < -0.4 is 5.32 Å². The number of sulfone groups is 1. The molecule has 0 bridgehead atoms. The number of rotatable bonds is 4. The Morgan fingerprint density at radius 2 is 2.00 bits per heavy atom. The van der Waals surface area contributed by atoms with Crippen molar-refractivity contribution in [2.24, 2.45) is 17.3 Å². The Kier molecular flexibility index (Phi) is 4.36. The maximum absolute atomic E-state index is 12.2. The van der Waals surface area contributed by atoms with Crippen molar-refractivity contribution in [3.8, 4) is 0 Å². The van der Waals surface area contributed by atoms with Crippen molar-refractivity contribution in [1.29, 1.82) is 0 Å². The lowest BCUT2D eigenvalue weighted by atomic mass is 10.1. The number of hydrogen-bond acceptors (Lipinski definition) is 6. The van der Waals surface area contributed by atoms with Crippen LogP contribution in [0.4, 0.5) is 5.13 Å². The van der Waals surface area contributed by atoms with E-state index in [4.69, 9.17) is 23.2 Å². The third-order valence-corrected chi connectivity index (χ3v) is 6.21. The highest BCUT2D eigenvalue weighted by atomic mass is 35.5. The van der Waals surface area contributed by atoms with Gasteiger partial charge >= 0.3 is 0 Å². The molecule has 0 spiro atoms. The zero-order chi connectivity index (χ0) is 16.0. The Bertz CT molecular complexity index is 708. The van der Waals surface area contributed by atoms with Gasteiger partial charge in [-0.25, -0.2) is 8.42 Å². The van der Waals surface area contributed by atoms with Crippen molar-refractivity contribution in [2.75, 3.05) is 11.6 Å². The third kappa shape index (κ3) is 3.56. The second kappa shape index (κ2) is 5.49. The van der Waals surface area contributed by atoms with E-state index in [0.717, 1.165) is 17.6 Å². The highest BCUT2D eigenvalue weighted by Gasteiger charge is 2.60. The van der Waals surface area contributed by atoms with Gasteiger partial charge in [-0.3, -0.25) is 4.79 Å². The van der Waals surface area contributed by atoms with Crippen molar-refractivity contribution in [1.82, 2.24) is 10.2 Å². The van der Waals surface area contributed by atoms with Gasteiger partial charge in [-0.15, -0.1) is 10.2 Å². The first-order valence-corrected chi connectivity index (χ1v) is 9.37. The standard InChI is InChI=1S/C11H13Cl2N3O3S2/c1-11(2)5(4-6(12)13)7(11)8(17)14-9-15-16-10(20-9)21(3,18)19/h4-5,7H,1-3H3,(H,14,15,17)/t5-,7-/m1/s1. The van der Waals surface area contributed by atoms with E-state index in [0.29, 0.717) is 0 Å². The van der Waals surface area contributed by atoms with Crippen LogP contribution in [0.3, 0.4) is 0 Å². The van der Waals surface area contributed by atoms with E-state index < -0.39 is 9.84 Å². The van der Waals surface area contributed by atoms with E-state index in [1.54, 1.807) is 6.08 Å². The second-order valence-corrected chi connectivity index (χ2v) is 9.59. The topological polar surface area (TPSA) is 89.0 Å². The molecule has 1 aromatic rings. The lowest BCUT2D eigenvalue weighted by molar-refractivity contribution is -0.118. The largest absolute Gasteiger partial charge is 0.300 e.